The maximum Gasteiger partial charge on any atom is 0.416 e. The number of benzene rings is 1. The fraction of sp³-hybridized carbons (Fsp3) is 0.533. The van der Waals surface area contributed by atoms with Gasteiger partial charge in [-0.05, 0) is 66.9 Å². The van der Waals surface area contributed by atoms with E-state index in [0.717, 1.165) is 16.9 Å². The molecule has 248 valence electrons. The fourth-order valence-electron chi connectivity index (χ4n) is 3.58. The minimum atomic E-state index is -0.827. The van der Waals surface area contributed by atoms with E-state index in [2.05, 4.69) is 20.6 Å². The van der Waals surface area contributed by atoms with Crippen molar-refractivity contribution >= 4 is 46.7 Å². The number of nitrogens with two attached hydrogens (primary N) is 1. The summed E-state index contributed by atoms with van der Waals surface area (Å²) in [6, 6.07) is 8.53. The van der Waals surface area contributed by atoms with Gasteiger partial charge in [-0.2, -0.15) is 0 Å². The highest BCUT2D eigenvalue weighted by molar-refractivity contribution is 7.14. The zero-order valence-electron chi connectivity index (χ0n) is 26.9. The highest BCUT2D eigenvalue weighted by atomic mass is 32.1. The van der Waals surface area contributed by atoms with E-state index in [1.54, 1.807) is 48.5 Å². The third-order valence-corrected chi connectivity index (χ3v) is 6.24. The molecule has 0 bridgehead atoms. The summed E-state index contributed by atoms with van der Waals surface area (Å²) in [5.41, 5.74) is 5.12. The van der Waals surface area contributed by atoms with E-state index in [-0.39, 0.29) is 43.1 Å². The first-order valence-electron chi connectivity index (χ1n) is 14.5. The summed E-state index contributed by atoms with van der Waals surface area (Å²) in [6.07, 6.45) is -1.43. The molecule has 0 aliphatic heterocycles. The lowest BCUT2D eigenvalue weighted by Crippen LogP contribution is -2.48. The fourth-order valence-corrected chi connectivity index (χ4v) is 4.37. The van der Waals surface area contributed by atoms with Gasteiger partial charge >= 0.3 is 24.2 Å². The highest BCUT2D eigenvalue weighted by Gasteiger charge is 2.30. The number of alkyl carbamates (subject to hydrolysis) is 2. The van der Waals surface area contributed by atoms with Gasteiger partial charge in [0.2, 0.25) is 0 Å². The quantitative estimate of drug-likeness (QED) is 0.0933. The van der Waals surface area contributed by atoms with E-state index in [1.165, 1.54) is 10.3 Å². The van der Waals surface area contributed by atoms with Crippen molar-refractivity contribution < 1.29 is 38.1 Å². The first-order chi connectivity index (χ1) is 21.1. The van der Waals surface area contributed by atoms with E-state index >= 15 is 0 Å². The van der Waals surface area contributed by atoms with Gasteiger partial charge in [-0.3, -0.25) is 15.2 Å². The van der Waals surface area contributed by atoms with E-state index in [0.29, 0.717) is 12.8 Å². The average molecular weight is 649 g/mol. The first kappa shape index (κ1) is 36.8. The second kappa shape index (κ2) is 17.2. The van der Waals surface area contributed by atoms with Crippen LogP contribution in [-0.4, -0.2) is 72.1 Å². The standard InChI is InChI=1S/C30H44N6O8S/c1-8-41-23(37)22-19-45-25(34-22)36(28(40)44-30(5,6)7)17-21(33-27(39)43-29(2,3)4)15-12-16-32-24(31)35-26(38)42-18-20-13-10-9-11-14-20/h9-11,13-14,19,21H,8,12,15-18H2,1-7H3,(H,33,39)(H3,31,32,35,38)/t21-/m0/s1. The summed E-state index contributed by atoms with van der Waals surface area (Å²) in [5.74, 6) is -0.755. The van der Waals surface area contributed by atoms with Crippen molar-refractivity contribution in [1.29, 1.82) is 0 Å². The van der Waals surface area contributed by atoms with Crippen molar-refractivity contribution in [2.75, 3.05) is 24.6 Å². The van der Waals surface area contributed by atoms with Crippen LogP contribution < -0.4 is 21.3 Å². The number of nitrogens with zero attached hydrogens (tertiary/aromatic N) is 3. The van der Waals surface area contributed by atoms with Gasteiger partial charge in [0, 0.05) is 11.9 Å². The minimum Gasteiger partial charge on any atom is -0.461 e. The Morgan fingerprint density at radius 3 is 2.29 bits per heavy atom. The molecule has 0 spiro atoms. The molecule has 3 amide bonds. The Morgan fingerprint density at radius 1 is 1.00 bits per heavy atom. The van der Waals surface area contributed by atoms with Gasteiger partial charge in [-0.25, -0.2) is 24.2 Å². The number of thiazole rings is 1. The van der Waals surface area contributed by atoms with Crippen LogP contribution in [0.5, 0.6) is 0 Å². The molecule has 0 aliphatic rings. The molecular formula is C30H44N6O8S. The smallest absolute Gasteiger partial charge is 0.416 e. The molecule has 0 aliphatic carbocycles. The van der Waals surface area contributed by atoms with Crippen LogP contribution in [0.3, 0.4) is 0 Å². The van der Waals surface area contributed by atoms with E-state index in [4.69, 9.17) is 24.7 Å². The van der Waals surface area contributed by atoms with Gasteiger partial charge in [0.25, 0.3) is 0 Å². The van der Waals surface area contributed by atoms with Crippen LogP contribution in [0.4, 0.5) is 19.5 Å². The molecule has 1 aromatic carbocycles. The molecule has 2 rings (SSSR count). The van der Waals surface area contributed by atoms with Gasteiger partial charge in [0.05, 0.1) is 19.2 Å². The predicted molar refractivity (Wildman–Crippen MR) is 170 cm³/mol. The number of hydrogen-bond acceptors (Lipinski definition) is 11. The van der Waals surface area contributed by atoms with Gasteiger partial charge in [-0.15, -0.1) is 11.3 Å². The molecule has 2 aromatic rings. The second-order valence-corrected chi connectivity index (χ2v) is 12.6. The number of nitrogens with one attached hydrogen (secondary N) is 2. The van der Waals surface area contributed by atoms with Crippen LogP contribution in [0, 0.1) is 0 Å². The SMILES string of the molecule is CCOC(=O)c1csc(N(C[C@H](CCCN=C(N)NC(=O)OCc2ccccc2)NC(=O)OC(C)(C)C)C(=O)OC(C)(C)C)n1. The summed E-state index contributed by atoms with van der Waals surface area (Å²) in [4.78, 5) is 60.0. The lowest BCUT2D eigenvalue weighted by Gasteiger charge is -2.30. The lowest BCUT2D eigenvalue weighted by molar-refractivity contribution is 0.0483. The van der Waals surface area contributed by atoms with Crippen molar-refractivity contribution in [3.63, 3.8) is 0 Å². The number of aliphatic imine (C=N–C) groups is 1. The molecule has 1 aromatic heterocycles. The number of hydrogen-bond donors (Lipinski definition) is 3. The van der Waals surface area contributed by atoms with Crippen molar-refractivity contribution in [1.82, 2.24) is 15.6 Å². The number of carbonyl (C=O) groups excluding carboxylic acids is 4. The molecule has 14 nitrogen and oxygen atoms in total. The Kier molecular flexibility index (Phi) is 14.0. The van der Waals surface area contributed by atoms with Gasteiger partial charge < -0.3 is 30.0 Å². The number of carbonyl (C=O) groups is 4. The summed E-state index contributed by atoms with van der Waals surface area (Å²) in [7, 11) is 0. The van der Waals surface area contributed by atoms with E-state index in [9.17, 15) is 19.2 Å². The molecular weight excluding hydrogens is 604 g/mol. The third kappa shape index (κ3) is 14.8. The Hall–Kier alpha value is -4.40. The molecule has 0 fully saturated rings. The number of ether oxygens (including phenoxy) is 4. The van der Waals surface area contributed by atoms with Gasteiger partial charge in [0.15, 0.2) is 16.8 Å². The van der Waals surface area contributed by atoms with Gasteiger partial charge in [-0.1, -0.05) is 30.3 Å². The Labute approximate surface area is 267 Å². The van der Waals surface area contributed by atoms with Crippen molar-refractivity contribution in [3.8, 4) is 0 Å². The molecule has 0 saturated carbocycles. The Balaban J connectivity index is 2.14. The van der Waals surface area contributed by atoms with Crippen LogP contribution in [0.2, 0.25) is 0 Å². The number of esters is 1. The van der Waals surface area contributed by atoms with Gasteiger partial charge in [0.1, 0.15) is 17.8 Å². The summed E-state index contributed by atoms with van der Waals surface area (Å²) >= 11 is 1.06. The van der Waals surface area contributed by atoms with Crippen LogP contribution in [-0.2, 0) is 25.6 Å². The lowest BCUT2D eigenvalue weighted by atomic mass is 10.1. The van der Waals surface area contributed by atoms with Crippen LogP contribution >= 0.6 is 11.3 Å². The number of anilines is 1. The largest absolute Gasteiger partial charge is 0.461 e. The monoisotopic (exact) mass is 648 g/mol. The number of aromatic nitrogens is 1. The first-order valence-corrected chi connectivity index (χ1v) is 15.3. The maximum atomic E-state index is 13.3. The molecule has 1 atom stereocenters. The van der Waals surface area contributed by atoms with E-state index in [1.807, 2.05) is 30.3 Å². The Morgan fingerprint density at radius 2 is 1.67 bits per heavy atom. The van der Waals surface area contributed by atoms with E-state index < -0.39 is 41.5 Å². The van der Waals surface area contributed by atoms with Crippen molar-refractivity contribution in [2.45, 2.75) is 85.2 Å². The molecule has 0 radical (unpaired) electrons. The van der Waals surface area contributed by atoms with Crippen molar-refractivity contribution in [3.05, 3.63) is 47.0 Å². The number of guanidine groups is 1. The molecule has 1 heterocycles. The number of amides is 3. The molecule has 0 saturated heterocycles. The predicted octanol–water partition coefficient (Wildman–Crippen LogP) is 4.98. The summed E-state index contributed by atoms with van der Waals surface area (Å²) in [6.45, 7) is 12.4. The Bertz CT molecular complexity index is 1300. The highest BCUT2D eigenvalue weighted by Crippen LogP contribution is 2.24. The van der Waals surface area contributed by atoms with Crippen LogP contribution in [0.25, 0.3) is 0 Å². The normalized spacial score (nSPS) is 12.5. The second-order valence-electron chi connectivity index (χ2n) is 11.8. The average Bonchev–Trinajstić information content (AvgIpc) is 3.41. The summed E-state index contributed by atoms with van der Waals surface area (Å²) in [5, 5.41) is 6.84. The third-order valence-electron chi connectivity index (χ3n) is 5.38. The molecule has 4 N–H and O–H groups in total. The van der Waals surface area contributed by atoms with Crippen molar-refractivity contribution in [2.24, 2.45) is 10.7 Å². The zero-order valence-corrected chi connectivity index (χ0v) is 27.7. The topological polar surface area (TPSA) is 184 Å². The summed E-state index contributed by atoms with van der Waals surface area (Å²) < 4.78 is 21.2. The zero-order chi connectivity index (χ0) is 33.6. The molecule has 45 heavy (non-hydrogen) atoms. The number of rotatable bonds is 12. The molecule has 0 unspecified atom stereocenters. The van der Waals surface area contributed by atoms with Crippen LogP contribution in [0.1, 0.15) is 77.4 Å². The minimum absolute atomic E-state index is 0.0432. The van der Waals surface area contributed by atoms with Crippen LogP contribution in [0.15, 0.2) is 40.7 Å². The molecule has 15 heteroatoms. The maximum absolute atomic E-state index is 13.3.